The summed E-state index contributed by atoms with van der Waals surface area (Å²) in [6.07, 6.45) is 1.22. The molecular formula is C11H15BrClNO2S. The van der Waals surface area contributed by atoms with Crippen LogP contribution in [0.2, 0.25) is 0 Å². The van der Waals surface area contributed by atoms with Crippen LogP contribution < -0.4 is 4.72 Å². The largest absolute Gasteiger partial charge is 0.283 e. The zero-order valence-electron chi connectivity index (χ0n) is 9.54. The fraction of sp³-hybridized carbons (Fsp3) is 0.455. The van der Waals surface area contributed by atoms with Gasteiger partial charge in [-0.3, -0.25) is 4.72 Å². The molecule has 3 nitrogen and oxygen atoms in total. The molecule has 0 saturated carbocycles. The Morgan fingerprint density at radius 3 is 2.71 bits per heavy atom. The summed E-state index contributed by atoms with van der Waals surface area (Å²) in [7, 11) is -3.29. The predicted molar refractivity (Wildman–Crippen MR) is 76.3 cm³/mol. The highest BCUT2D eigenvalue weighted by Crippen LogP contribution is 2.22. The third-order valence-corrected chi connectivity index (χ3v) is 4.38. The van der Waals surface area contributed by atoms with E-state index in [0.29, 0.717) is 18.0 Å². The molecular weight excluding hydrogens is 326 g/mol. The minimum Gasteiger partial charge on any atom is -0.283 e. The van der Waals surface area contributed by atoms with Crippen molar-refractivity contribution < 1.29 is 8.42 Å². The van der Waals surface area contributed by atoms with Crippen LogP contribution in [0.15, 0.2) is 22.7 Å². The lowest BCUT2D eigenvalue weighted by Crippen LogP contribution is -2.17. The highest BCUT2D eigenvalue weighted by Gasteiger charge is 2.12. The van der Waals surface area contributed by atoms with E-state index in [0.717, 1.165) is 16.5 Å². The second kappa shape index (κ2) is 6.61. The quantitative estimate of drug-likeness (QED) is 0.807. The zero-order chi connectivity index (χ0) is 12.9. The van der Waals surface area contributed by atoms with Gasteiger partial charge in [0.15, 0.2) is 0 Å². The maximum absolute atomic E-state index is 11.7. The van der Waals surface area contributed by atoms with E-state index in [4.69, 9.17) is 11.6 Å². The third-order valence-electron chi connectivity index (χ3n) is 2.26. The first kappa shape index (κ1) is 14.8. The number of nitrogens with one attached hydrogen (secondary N) is 1. The van der Waals surface area contributed by atoms with Crippen molar-refractivity contribution in [3.8, 4) is 0 Å². The van der Waals surface area contributed by atoms with Crippen molar-refractivity contribution in [2.75, 3.05) is 16.4 Å². The van der Waals surface area contributed by atoms with Crippen LogP contribution >= 0.6 is 27.5 Å². The van der Waals surface area contributed by atoms with Crippen LogP contribution in [0.1, 0.15) is 18.9 Å². The summed E-state index contributed by atoms with van der Waals surface area (Å²) in [6.45, 7) is 1.98. The predicted octanol–water partition coefficient (Wildman–Crippen LogP) is 3.38. The summed E-state index contributed by atoms with van der Waals surface area (Å²) in [5.41, 5.74) is 1.61. The van der Waals surface area contributed by atoms with Crippen LogP contribution in [0.3, 0.4) is 0 Å². The SMILES string of the molecule is CCc1cc(Br)ccc1NS(=O)(=O)CCCCl. The molecule has 0 fully saturated rings. The topological polar surface area (TPSA) is 46.2 Å². The van der Waals surface area contributed by atoms with Gasteiger partial charge < -0.3 is 0 Å². The summed E-state index contributed by atoms with van der Waals surface area (Å²) in [4.78, 5) is 0. The minimum absolute atomic E-state index is 0.0513. The zero-order valence-corrected chi connectivity index (χ0v) is 12.7. The van der Waals surface area contributed by atoms with Crippen molar-refractivity contribution in [1.82, 2.24) is 0 Å². The van der Waals surface area contributed by atoms with Crippen molar-refractivity contribution in [3.05, 3.63) is 28.2 Å². The van der Waals surface area contributed by atoms with E-state index in [1.54, 1.807) is 6.07 Å². The first-order valence-electron chi connectivity index (χ1n) is 5.33. The first-order chi connectivity index (χ1) is 7.98. The molecule has 6 heteroatoms. The molecule has 0 spiro atoms. The van der Waals surface area contributed by atoms with Gasteiger partial charge in [-0.1, -0.05) is 22.9 Å². The summed E-state index contributed by atoms with van der Waals surface area (Å²) in [5.74, 6) is 0.400. The van der Waals surface area contributed by atoms with Gasteiger partial charge in [-0.15, -0.1) is 11.6 Å². The van der Waals surface area contributed by atoms with Gasteiger partial charge >= 0.3 is 0 Å². The molecule has 17 heavy (non-hydrogen) atoms. The van der Waals surface area contributed by atoms with Gasteiger partial charge in [0.05, 0.1) is 11.4 Å². The molecule has 1 rings (SSSR count). The number of sulfonamides is 1. The monoisotopic (exact) mass is 339 g/mol. The van der Waals surface area contributed by atoms with Crippen molar-refractivity contribution in [2.45, 2.75) is 19.8 Å². The van der Waals surface area contributed by atoms with E-state index in [1.165, 1.54) is 0 Å². The van der Waals surface area contributed by atoms with Crippen molar-refractivity contribution in [2.24, 2.45) is 0 Å². The van der Waals surface area contributed by atoms with Crippen LogP contribution in [0.4, 0.5) is 5.69 Å². The lowest BCUT2D eigenvalue weighted by molar-refractivity contribution is 0.600. The second-order valence-electron chi connectivity index (χ2n) is 3.62. The fourth-order valence-corrected chi connectivity index (χ4v) is 3.28. The number of anilines is 1. The van der Waals surface area contributed by atoms with Crippen LogP contribution in [0.25, 0.3) is 0 Å². The molecule has 96 valence electrons. The molecule has 0 aromatic heterocycles. The number of aryl methyl sites for hydroxylation is 1. The molecule has 0 unspecified atom stereocenters. The minimum atomic E-state index is -3.29. The molecule has 0 amide bonds. The standard InChI is InChI=1S/C11H15BrClNO2S/c1-2-9-8-10(12)4-5-11(9)14-17(15,16)7-3-6-13/h4-5,8,14H,2-3,6-7H2,1H3. The number of hydrogen-bond donors (Lipinski definition) is 1. The Hall–Kier alpha value is -0.260. The molecule has 0 radical (unpaired) electrons. The second-order valence-corrected chi connectivity index (χ2v) is 6.75. The van der Waals surface area contributed by atoms with Crippen LogP contribution in [0.5, 0.6) is 0 Å². The Bertz CT molecular complexity index is 476. The molecule has 0 bridgehead atoms. The van der Waals surface area contributed by atoms with Gasteiger partial charge in [-0.2, -0.15) is 0 Å². The van der Waals surface area contributed by atoms with E-state index >= 15 is 0 Å². The number of hydrogen-bond acceptors (Lipinski definition) is 2. The lowest BCUT2D eigenvalue weighted by Gasteiger charge is -2.11. The lowest BCUT2D eigenvalue weighted by atomic mass is 10.1. The Balaban J connectivity index is 2.87. The number of benzene rings is 1. The molecule has 1 aromatic rings. The van der Waals surface area contributed by atoms with Gasteiger partial charge in [0.25, 0.3) is 0 Å². The normalized spacial score (nSPS) is 11.5. The number of halogens is 2. The van der Waals surface area contributed by atoms with Gasteiger partial charge in [0, 0.05) is 10.4 Å². The van der Waals surface area contributed by atoms with Crippen LogP contribution in [0, 0.1) is 0 Å². The van der Waals surface area contributed by atoms with Gasteiger partial charge in [0.1, 0.15) is 0 Å². The molecule has 0 heterocycles. The smallest absolute Gasteiger partial charge is 0.232 e. The Kier molecular flexibility index (Phi) is 5.76. The molecule has 0 aliphatic heterocycles. The summed E-state index contributed by atoms with van der Waals surface area (Å²) in [5, 5.41) is 0. The highest BCUT2D eigenvalue weighted by molar-refractivity contribution is 9.10. The number of alkyl halides is 1. The maximum Gasteiger partial charge on any atom is 0.232 e. The average molecular weight is 341 g/mol. The Morgan fingerprint density at radius 1 is 1.41 bits per heavy atom. The van der Waals surface area contributed by atoms with Gasteiger partial charge in [-0.05, 0) is 36.6 Å². The van der Waals surface area contributed by atoms with Crippen molar-refractivity contribution in [1.29, 1.82) is 0 Å². The average Bonchev–Trinajstić information content (AvgIpc) is 2.28. The summed E-state index contributed by atoms with van der Waals surface area (Å²) in [6, 6.07) is 5.50. The van der Waals surface area contributed by atoms with Crippen molar-refractivity contribution in [3.63, 3.8) is 0 Å². The molecule has 1 N–H and O–H groups in total. The van der Waals surface area contributed by atoms with Gasteiger partial charge in [-0.25, -0.2) is 8.42 Å². The number of rotatable bonds is 6. The summed E-state index contributed by atoms with van der Waals surface area (Å²) >= 11 is 8.86. The first-order valence-corrected chi connectivity index (χ1v) is 8.31. The summed E-state index contributed by atoms with van der Waals surface area (Å²) < 4.78 is 27.0. The molecule has 1 aromatic carbocycles. The molecule has 0 aliphatic rings. The third kappa shape index (κ3) is 4.85. The van der Waals surface area contributed by atoms with E-state index < -0.39 is 10.0 Å². The van der Waals surface area contributed by atoms with E-state index in [9.17, 15) is 8.42 Å². The van der Waals surface area contributed by atoms with Gasteiger partial charge in [0.2, 0.25) is 10.0 Å². The fourth-order valence-electron chi connectivity index (χ4n) is 1.42. The van der Waals surface area contributed by atoms with E-state index in [1.807, 2.05) is 19.1 Å². The van der Waals surface area contributed by atoms with E-state index in [2.05, 4.69) is 20.7 Å². The van der Waals surface area contributed by atoms with Crippen LogP contribution in [-0.4, -0.2) is 20.1 Å². The van der Waals surface area contributed by atoms with E-state index in [-0.39, 0.29) is 5.75 Å². The van der Waals surface area contributed by atoms with Crippen LogP contribution in [-0.2, 0) is 16.4 Å². The maximum atomic E-state index is 11.7. The molecule has 0 saturated heterocycles. The highest BCUT2D eigenvalue weighted by atomic mass is 79.9. The Labute approximate surface area is 116 Å². The molecule has 0 atom stereocenters. The Morgan fingerprint density at radius 2 is 2.12 bits per heavy atom. The van der Waals surface area contributed by atoms with Crippen molar-refractivity contribution >= 4 is 43.2 Å². The molecule has 0 aliphatic carbocycles.